The molecule has 4 aromatic rings. The molecule has 0 amide bonds. The van der Waals surface area contributed by atoms with Gasteiger partial charge in [-0.3, -0.25) is 4.98 Å². The van der Waals surface area contributed by atoms with Gasteiger partial charge in [0, 0.05) is 29.5 Å². The van der Waals surface area contributed by atoms with Crippen LogP contribution in [0.25, 0.3) is 5.69 Å². The van der Waals surface area contributed by atoms with E-state index in [2.05, 4.69) is 25.8 Å². The van der Waals surface area contributed by atoms with E-state index in [9.17, 15) is 0 Å². The number of pyridine rings is 1. The van der Waals surface area contributed by atoms with Crippen LogP contribution in [0.2, 0.25) is 5.02 Å². The van der Waals surface area contributed by atoms with E-state index in [1.165, 1.54) is 0 Å². The van der Waals surface area contributed by atoms with E-state index in [0.29, 0.717) is 15.9 Å². The number of methoxy groups -OCH3 is 2. The third-order valence-corrected chi connectivity index (χ3v) is 6.56. The van der Waals surface area contributed by atoms with Crippen LogP contribution in [0.1, 0.15) is 23.5 Å². The van der Waals surface area contributed by atoms with Crippen LogP contribution in [0, 0.1) is 0 Å². The molecule has 3 heterocycles. The van der Waals surface area contributed by atoms with Gasteiger partial charge in [-0.1, -0.05) is 17.7 Å². The molecule has 2 aromatic carbocycles. The molecule has 1 aliphatic heterocycles. The molecular formula is C26H23ClN4O2S. The largest absolute Gasteiger partial charge is 0.497 e. The molecule has 1 saturated heterocycles. The first-order chi connectivity index (χ1) is 16.6. The van der Waals surface area contributed by atoms with Crippen LogP contribution in [0.4, 0.5) is 5.69 Å². The molecule has 0 aliphatic carbocycles. The molecule has 34 heavy (non-hydrogen) atoms. The van der Waals surface area contributed by atoms with E-state index < -0.39 is 0 Å². The summed E-state index contributed by atoms with van der Waals surface area (Å²) in [6.07, 6.45) is 3.85. The zero-order valence-corrected chi connectivity index (χ0v) is 20.3. The van der Waals surface area contributed by atoms with Gasteiger partial charge in [-0.2, -0.15) is 0 Å². The first-order valence-electron chi connectivity index (χ1n) is 10.8. The van der Waals surface area contributed by atoms with Gasteiger partial charge in [0.2, 0.25) is 0 Å². The van der Waals surface area contributed by atoms with Crippen molar-refractivity contribution in [2.45, 2.75) is 12.1 Å². The van der Waals surface area contributed by atoms with Crippen LogP contribution in [-0.4, -0.2) is 28.9 Å². The minimum atomic E-state index is -0.177. The zero-order chi connectivity index (χ0) is 23.7. The topological polar surface area (TPSA) is 51.5 Å². The predicted molar refractivity (Wildman–Crippen MR) is 138 cm³/mol. The summed E-state index contributed by atoms with van der Waals surface area (Å²) in [5, 5.41) is 4.61. The predicted octanol–water partition coefficient (Wildman–Crippen LogP) is 5.72. The lowest BCUT2D eigenvalue weighted by Crippen LogP contribution is -2.30. The Balaban J connectivity index is 1.64. The fraction of sp³-hybridized carbons (Fsp3) is 0.154. The van der Waals surface area contributed by atoms with Gasteiger partial charge in [0.05, 0.1) is 31.0 Å². The molecule has 0 unspecified atom stereocenters. The van der Waals surface area contributed by atoms with Crippen LogP contribution in [0.5, 0.6) is 11.5 Å². The fourth-order valence-corrected chi connectivity index (χ4v) is 4.95. The Kier molecular flexibility index (Phi) is 6.13. The number of rotatable bonds is 6. The van der Waals surface area contributed by atoms with Gasteiger partial charge < -0.3 is 24.3 Å². The van der Waals surface area contributed by atoms with Crippen molar-refractivity contribution >= 4 is 34.6 Å². The number of benzene rings is 2. The number of nitrogens with one attached hydrogen (secondary N) is 1. The summed E-state index contributed by atoms with van der Waals surface area (Å²) in [6.45, 7) is 0. The second-order valence-electron chi connectivity index (χ2n) is 7.82. The van der Waals surface area contributed by atoms with Crippen molar-refractivity contribution in [3.63, 3.8) is 0 Å². The number of anilines is 1. The maximum atomic E-state index is 6.49. The van der Waals surface area contributed by atoms with Gasteiger partial charge >= 0.3 is 0 Å². The first kappa shape index (κ1) is 22.3. The Morgan fingerprint density at radius 3 is 2.41 bits per heavy atom. The third-order valence-electron chi connectivity index (χ3n) is 5.95. The third kappa shape index (κ3) is 3.97. The van der Waals surface area contributed by atoms with Crippen molar-refractivity contribution in [1.29, 1.82) is 0 Å². The lowest BCUT2D eigenvalue weighted by molar-refractivity contribution is 0.414. The molecule has 0 bridgehead atoms. The van der Waals surface area contributed by atoms with Crippen LogP contribution in [-0.2, 0) is 0 Å². The molecule has 0 spiro atoms. The number of hydrogen-bond donors (Lipinski definition) is 1. The van der Waals surface area contributed by atoms with E-state index in [1.807, 2.05) is 72.9 Å². The van der Waals surface area contributed by atoms with Gasteiger partial charge in [-0.15, -0.1) is 0 Å². The van der Waals surface area contributed by atoms with E-state index in [-0.39, 0.29) is 12.1 Å². The highest BCUT2D eigenvalue weighted by Crippen LogP contribution is 2.43. The summed E-state index contributed by atoms with van der Waals surface area (Å²) in [5.74, 6) is 1.42. The quantitative estimate of drug-likeness (QED) is 0.349. The highest BCUT2D eigenvalue weighted by molar-refractivity contribution is 7.80. The molecule has 0 saturated carbocycles. The van der Waals surface area contributed by atoms with Gasteiger partial charge in [0.1, 0.15) is 17.5 Å². The zero-order valence-electron chi connectivity index (χ0n) is 18.7. The Bertz CT molecular complexity index is 1310. The molecule has 6 nitrogen and oxygen atoms in total. The summed E-state index contributed by atoms with van der Waals surface area (Å²) < 4.78 is 12.8. The van der Waals surface area contributed by atoms with Gasteiger partial charge in [0.25, 0.3) is 0 Å². The number of aromatic nitrogens is 2. The second-order valence-corrected chi connectivity index (χ2v) is 8.61. The van der Waals surface area contributed by atoms with E-state index in [1.54, 1.807) is 20.4 Å². The summed E-state index contributed by atoms with van der Waals surface area (Å²) in [5.41, 5.74) is 3.85. The van der Waals surface area contributed by atoms with Crippen molar-refractivity contribution in [3.05, 3.63) is 102 Å². The second kappa shape index (κ2) is 9.37. The van der Waals surface area contributed by atoms with Gasteiger partial charge in [-0.25, -0.2) is 0 Å². The minimum Gasteiger partial charge on any atom is -0.497 e. The summed E-state index contributed by atoms with van der Waals surface area (Å²) >= 11 is 12.3. The lowest BCUT2D eigenvalue weighted by atomic mass is 10.0. The number of thiocarbonyl (C=S) groups is 1. The number of nitrogens with zero attached hydrogens (tertiary/aromatic N) is 3. The monoisotopic (exact) mass is 490 g/mol. The van der Waals surface area contributed by atoms with Crippen molar-refractivity contribution in [2.75, 3.05) is 19.1 Å². The number of ether oxygens (including phenoxy) is 2. The van der Waals surface area contributed by atoms with Gasteiger partial charge in [-0.05, 0) is 78.9 Å². The Hall–Kier alpha value is -3.55. The number of hydrogen-bond acceptors (Lipinski definition) is 4. The van der Waals surface area contributed by atoms with Gasteiger partial charge in [0.15, 0.2) is 5.11 Å². The molecule has 0 radical (unpaired) electrons. The first-order valence-corrected chi connectivity index (χ1v) is 11.5. The van der Waals surface area contributed by atoms with Crippen LogP contribution < -0.4 is 19.7 Å². The normalized spacial score (nSPS) is 17.5. The average Bonchev–Trinajstić information content (AvgIpc) is 3.49. The molecule has 5 rings (SSSR count). The lowest BCUT2D eigenvalue weighted by Gasteiger charge is -2.29. The smallest absolute Gasteiger partial charge is 0.174 e. The molecular weight excluding hydrogens is 468 g/mol. The number of halogens is 1. The molecule has 1 N–H and O–H groups in total. The average molecular weight is 491 g/mol. The maximum absolute atomic E-state index is 6.49. The van der Waals surface area contributed by atoms with Crippen molar-refractivity contribution < 1.29 is 9.47 Å². The summed E-state index contributed by atoms with van der Waals surface area (Å²) in [7, 11) is 3.27. The molecule has 2 aromatic heterocycles. The van der Waals surface area contributed by atoms with Crippen LogP contribution in [0.3, 0.4) is 0 Å². The standard InChI is InChI=1S/C26H23ClN4O2S/c1-32-19-11-8-17(9-12-19)30-15-5-7-22(30)25-24(21-6-3-4-14-28-21)29-26(34)31(25)18-10-13-23(33-2)20(27)16-18/h3-16,24-25H,1-2H3,(H,29,34)/t24-,25-/m1/s1. The summed E-state index contributed by atoms with van der Waals surface area (Å²) in [4.78, 5) is 6.73. The van der Waals surface area contributed by atoms with Crippen molar-refractivity contribution in [3.8, 4) is 17.2 Å². The molecule has 2 atom stereocenters. The van der Waals surface area contributed by atoms with Crippen molar-refractivity contribution in [2.24, 2.45) is 0 Å². The Morgan fingerprint density at radius 2 is 1.74 bits per heavy atom. The molecule has 172 valence electrons. The van der Waals surface area contributed by atoms with Crippen LogP contribution in [0.15, 0.2) is 85.2 Å². The summed E-state index contributed by atoms with van der Waals surface area (Å²) in [6, 6.07) is 23.4. The highest BCUT2D eigenvalue weighted by Gasteiger charge is 2.42. The molecule has 8 heteroatoms. The van der Waals surface area contributed by atoms with Crippen molar-refractivity contribution in [1.82, 2.24) is 14.9 Å². The van der Waals surface area contributed by atoms with E-state index in [0.717, 1.165) is 28.5 Å². The minimum absolute atomic E-state index is 0.165. The van der Waals surface area contributed by atoms with E-state index >= 15 is 0 Å². The Labute approximate surface area is 208 Å². The molecule has 1 aliphatic rings. The van der Waals surface area contributed by atoms with Crippen LogP contribution >= 0.6 is 23.8 Å². The SMILES string of the molecule is COc1ccc(-n2cccc2[C@@H]2[C@@H](c3ccccn3)NC(=S)N2c2ccc(OC)c(Cl)c2)cc1. The highest BCUT2D eigenvalue weighted by atomic mass is 35.5. The maximum Gasteiger partial charge on any atom is 0.174 e. The fourth-order valence-electron chi connectivity index (χ4n) is 4.35. The molecule has 1 fully saturated rings. The Morgan fingerprint density at radius 1 is 0.941 bits per heavy atom. The van der Waals surface area contributed by atoms with E-state index in [4.69, 9.17) is 33.3 Å².